The van der Waals surface area contributed by atoms with E-state index < -0.39 is 6.10 Å². The number of benzene rings is 1. The third-order valence-corrected chi connectivity index (χ3v) is 4.29. The van der Waals surface area contributed by atoms with Crippen LogP contribution in [-0.4, -0.2) is 17.8 Å². The molecule has 0 saturated heterocycles. The fourth-order valence-corrected chi connectivity index (χ4v) is 3.05. The van der Waals surface area contributed by atoms with Crippen LogP contribution in [0.5, 0.6) is 5.75 Å². The number of hydrogen-bond donors (Lipinski definition) is 2. The molecule has 0 radical (unpaired) electrons. The van der Waals surface area contributed by atoms with E-state index in [0.717, 1.165) is 12.0 Å². The van der Waals surface area contributed by atoms with E-state index in [1.165, 1.54) is 25.7 Å². The number of hydrogen-bond acceptors (Lipinski definition) is 3. The van der Waals surface area contributed by atoms with E-state index in [-0.39, 0.29) is 6.04 Å². The molecule has 1 aromatic carbocycles. The van der Waals surface area contributed by atoms with E-state index in [4.69, 9.17) is 22.1 Å². The highest BCUT2D eigenvalue weighted by atomic mass is 35.5. The van der Waals surface area contributed by atoms with Crippen molar-refractivity contribution in [3.05, 3.63) is 28.8 Å². The molecule has 1 fully saturated rings. The molecule has 1 aliphatic rings. The standard InChI is InChI=1S/C16H24ClNO2/c1-11(18)13-6-7-16(15(17)9-13)20-10-14(19)8-12-4-2-3-5-12/h6-7,9,11-12,14,19H,2-5,8,10,18H2,1H3/t11-,14?/m0/s1. The van der Waals surface area contributed by atoms with Gasteiger partial charge in [-0.1, -0.05) is 43.4 Å². The number of ether oxygens (including phenoxy) is 1. The summed E-state index contributed by atoms with van der Waals surface area (Å²) in [7, 11) is 0. The van der Waals surface area contributed by atoms with Crippen molar-refractivity contribution in [3.63, 3.8) is 0 Å². The predicted molar refractivity (Wildman–Crippen MR) is 82.1 cm³/mol. The summed E-state index contributed by atoms with van der Waals surface area (Å²) < 4.78 is 5.62. The van der Waals surface area contributed by atoms with E-state index in [0.29, 0.717) is 23.3 Å². The first-order valence-corrected chi connectivity index (χ1v) is 7.80. The van der Waals surface area contributed by atoms with Crippen molar-refractivity contribution in [1.29, 1.82) is 0 Å². The summed E-state index contributed by atoms with van der Waals surface area (Å²) in [5, 5.41) is 10.6. The van der Waals surface area contributed by atoms with E-state index in [9.17, 15) is 5.11 Å². The molecular weight excluding hydrogens is 274 g/mol. The van der Waals surface area contributed by atoms with Gasteiger partial charge in [0.15, 0.2) is 0 Å². The van der Waals surface area contributed by atoms with Gasteiger partial charge in [-0.25, -0.2) is 0 Å². The maximum Gasteiger partial charge on any atom is 0.138 e. The monoisotopic (exact) mass is 297 g/mol. The Bertz CT molecular complexity index is 430. The summed E-state index contributed by atoms with van der Waals surface area (Å²) in [6.45, 7) is 2.21. The molecule has 2 atom stereocenters. The van der Waals surface area contributed by atoms with Gasteiger partial charge in [0.2, 0.25) is 0 Å². The molecule has 4 heteroatoms. The van der Waals surface area contributed by atoms with Crippen molar-refractivity contribution in [1.82, 2.24) is 0 Å². The van der Waals surface area contributed by atoms with Gasteiger partial charge in [0.1, 0.15) is 12.4 Å². The van der Waals surface area contributed by atoms with Gasteiger partial charge < -0.3 is 15.6 Å². The van der Waals surface area contributed by atoms with Gasteiger partial charge >= 0.3 is 0 Å². The maximum atomic E-state index is 10.0. The topological polar surface area (TPSA) is 55.5 Å². The third kappa shape index (κ3) is 4.37. The molecule has 0 heterocycles. The molecule has 0 aromatic heterocycles. The van der Waals surface area contributed by atoms with Crippen LogP contribution in [0.25, 0.3) is 0 Å². The first kappa shape index (κ1) is 15.6. The van der Waals surface area contributed by atoms with Crippen LogP contribution in [0.1, 0.15) is 50.6 Å². The van der Waals surface area contributed by atoms with Gasteiger partial charge in [0, 0.05) is 6.04 Å². The van der Waals surface area contributed by atoms with Crippen molar-refractivity contribution >= 4 is 11.6 Å². The van der Waals surface area contributed by atoms with E-state index in [1.807, 2.05) is 25.1 Å². The van der Waals surface area contributed by atoms with E-state index in [2.05, 4.69) is 0 Å². The molecular formula is C16H24ClNO2. The molecule has 0 amide bonds. The maximum absolute atomic E-state index is 10.0. The van der Waals surface area contributed by atoms with Crippen molar-refractivity contribution in [2.45, 2.75) is 51.2 Å². The Hall–Kier alpha value is -0.770. The zero-order valence-corrected chi connectivity index (χ0v) is 12.8. The average molecular weight is 298 g/mol. The third-order valence-electron chi connectivity index (χ3n) is 3.99. The second kappa shape index (κ2) is 7.30. The molecule has 1 saturated carbocycles. The molecule has 1 unspecified atom stereocenters. The van der Waals surface area contributed by atoms with Gasteiger partial charge in [-0.15, -0.1) is 0 Å². The lowest BCUT2D eigenvalue weighted by atomic mass is 10.0. The number of halogens is 1. The first-order valence-electron chi connectivity index (χ1n) is 7.42. The van der Waals surface area contributed by atoms with Crippen LogP contribution in [0.15, 0.2) is 18.2 Å². The fourth-order valence-electron chi connectivity index (χ4n) is 2.80. The van der Waals surface area contributed by atoms with Crippen LogP contribution < -0.4 is 10.5 Å². The largest absolute Gasteiger partial charge is 0.489 e. The average Bonchev–Trinajstić information content (AvgIpc) is 2.90. The normalized spacial score (nSPS) is 19.0. The summed E-state index contributed by atoms with van der Waals surface area (Å²) in [5.41, 5.74) is 6.79. The molecule has 112 valence electrons. The smallest absolute Gasteiger partial charge is 0.138 e. The highest BCUT2D eigenvalue weighted by Gasteiger charge is 2.19. The van der Waals surface area contributed by atoms with Crippen LogP contribution >= 0.6 is 11.6 Å². The minimum Gasteiger partial charge on any atom is -0.489 e. The zero-order valence-electron chi connectivity index (χ0n) is 12.0. The Balaban J connectivity index is 1.83. The van der Waals surface area contributed by atoms with Crippen LogP contribution in [-0.2, 0) is 0 Å². The second-order valence-corrected chi connectivity index (χ2v) is 6.24. The molecule has 3 N–H and O–H groups in total. The van der Waals surface area contributed by atoms with Crippen LogP contribution in [0.3, 0.4) is 0 Å². The van der Waals surface area contributed by atoms with Crippen molar-refractivity contribution < 1.29 is 9.84 Å². The van der Waals surface area contributed by atoms with Crippen LogP contribution in [0, 0.1) is 5.92 Å². The zero-order chi connectivity index (χ0) is 14.5. The van der Waals surface area contributed by atoms with Gasteiger partial charge in [0.25, 0.3) is 0 Å². The van der Waals surface area contributed by atoms with Gasteiger partial charge in [-0.05, 0) is 37.0 Å². The summed E-state index contributed by atoms with van der Waals surface area (Å²) in [5.74, 6) is 1.27. The molecule has 1 aliphatic carbocycles. The molecule has 0 spiro atoms. The molecule has 0 aliphatic heterocycles. The van der Waals surface area contributed by atoms with Gasteiger partial charge in [-0.2, -0.15) is 0 Å². The summed E-state index contributed by atoms with van der Waals surface area (Å²) >= 11 is 6.17. The fraction of sp³-hybridized carbons (Fsp3) is 0.625. The Morgan fingerprint density at radius 2 is 2.10 bits per heavy atom. The minimum atomic E-state index is -0.415. The highest BCUT2D eigenvalue weighted by molar-refractivity contribution is 6.32. The van der Waals surface area contributed by atoms with Crippen molar-refractivity contribution in [2.75, 3.05) is 6.61 Å². The van der Waals surface area contributed by atoms with E-state index >= 15 is 0 Å². The Kier molecular flexibility index (Phi) is 5.70. The van der Waals surface area contributed by atoms with Crippen molar-refractivity contribution in [2.24, 2.45) is 11.7 Å². The summed E-state index contributed by atoms with van der Waals surface area (Å²) in [6.07, 6.45) is 5.48. The Labute approximate surface area is 126 Å². The molecule has 20 heavy (non-hydrogen) atoms. The molecule has 2 rings (SSSR count). The van der Waals surface area contributed by atoms with Gasteiger partial charge in [-0.3, -0.25) is 0 Å². The lowest BCUT2D eigenvalue weighted by molar-refractivity contribution is 0.0856. The Morgan fingerprint density at radius 3 is 2.70 bits per heavy atom. The SMILES string of the molecule is C[C@H](N)c1ccc(OCC(O)CC2CCCC2)c(Cl)c1. The quantitative estimate of drug-likeness (QED) is 0.842. The van der Waals surface area contributed by atoms with Crippen LogP contribution in [0.2, 0.25) is 5.02 Å². The molecule has 3 nitrogen and oxygen atoms in total. The Morgan fingerprint density at radius 1 is 1.40 bits per heavy atom. The summed E-state index contributed by atoms with van der Waals surface area (Å²) in [6, 6.07) is 5.51. The highest BCUT2D eigenvalue weighted by Crippen LogP contribution is 2.30. The van der Waals surface area contributed by atoms with E-state index in [1.54, 1.807) is 0 Å². The number of aliphatic hydroxyl groups is 1. The molecule has 1 aromatic rings. The summed E-state index contributed by atoms with van der Waals surface area (Å²) in [4.78, 5) is 0. The predicted octanol–water partition coefficient (Wildman–Crippen LogP) is 3.68. The molecule has 0 bridgehead atoms. The van der Waals surface area contributed by atoms with Gasteiger partial charge in [0.05, 0.1) is 11.1 Å². The lowest BCUT2D eigenvalue weighted by Crippen LogP contribution is -2.20. The number of nitrogens with two attached hydrogens (primary N) is 1. The second-order valence-electron chi connectivity index (χ2n) is 5.83. The first-order chi connectivity index (χ1) is 9.56. The number of rotatable bonds is 6. The lowest BCUT2D eigenvalue weighted by Gasteiger charge is -2.17. The van der Waals surface area contributed by atoms with Crippen LogP contribution in [0.4, 0.5) is 0 Å². The van der Waals surface area contributed by atoms with Crippen molar-refractivity contribution in [3.8, 4) is 5.75 Å². The number of aliphatic hydroxyl groups excluding tert-OH is 1. The minimum absolute atomic E-state index is 0.0468.